The lowest BCUT2D eigenvalue weighted by molar-refractivity contribution is 0.123. The lowest BCUT2D eigenvalue weighted by Crippen LogP contribution is -2.39. The Morgan fingerprint density at radius 1 is 1.41 bits per heavy atom. The highest BCUT2D eigenvalue weighted by Gasteiger charge is 2.34. The molecule has 0 bridgehead atoms. The van der Waals surface area contributed by atoms with E-state index in [2.05, 4.69) is 49.1 Å². The third-order valence-electron chi connectivity index (χ3n) is 3.84. The molecule has 1 saturated carbocycles. The first-order chi connectivity index (χ1) is 8.15. The Hall–Kier alpha value is 0.0700. The van der Waals surface area contributed by atoms with Crippen LogP contribution in [0.4, 0.5) is 0 Å². The van der Waals surface area contributed by atoms with Crippen molar-refractivity contribution in [3.05, 3.63) is 26.9 Å². The SMILES string of the molecule is CCC1(CNCc2ncc(Br)cc2Br)CCC1. The summed E-state index contributed by atoms with van der Waals surface area (Å²) in [7, 11) is 0. The Balaban J connectivity index is 1.85. The summed E-state index contributed by atoms with van der Waals surface area (Å²) in [6, 6.07) is 2.04. The van der Waals surface area contributed by atoms with Crippen LogP contribution in [0.5, 0.6) is 0 Å². The number of nitrogens with one attached hydrogen (secondary N) is 1. The van der Waals surface area contributed by atoms with Crippen molar-refractivity contribution in [2.75, 3.05) is 6.54 Å². The van der Waals surface area contributed by atoms with Gasteiger partial charge in [0.15, 0.2) is 0 Å². The van der Waals surface area contributed by atoms with E-state index in [0.29, 0.717) is 5.41 Å². The molecule has 1 fully saturated rings. The topological polar surface area (TPSA) is 24.9 Å². The molecule has 1 aliphatic rings. The second kappa shape index (κ2) is 5.81. The van der Waals surface area contributed by atoms with E-state index in [-0.39, 0.29) is 0 Å². The number of aromatic nitrogens is 1. The second-order valence-electron chi connectivity index (χ2n) is 4.89. The maximum atomic E-state index is 4.41. The van der Waals surface area contributed by atoms with Gasteiger partial charge in [-0.05, 0) is 62.6 Å². The van der Waals surface area contributed by atoms with Crippen LogP contribution >= 0.6 is 31.9 Å². The molecule has 94 valence electrons. The predicted octanol–water partition coefficient (Wildman–Crippen LogP) is 4.28. The predicted molar refractivity (Wildman–Crippen MR) is 77.9 cm³/mol. The summed E-state index contributed by atoms with van der Waals surface area (Å²) in [4.78, 5) is 4.41. The van der Waals surface area contributed by atoms with E-state index in [1.807, 2.05) is 12.3 Å². The van der Waals surface area contributed by atoms with Gasteiger partial charge in [0.25, 0.3) is 0 Å². The van der Waals surface area contributed by atoms with Crippen molar-refractivity contribution >= 4 is 31.9 Å². The van der Waals surface area contributed by atoms with Crippen LogP contribution < -0.4 is 5.32 Å². The highest BCUT2D eigenvalue weighted by molar-refractivity contribution is 9.11. The molecule has 17 heavy (non-hydrogen) atoms. The number of hydrogen-bond acceptors (Lipinski definition) is 2. The molecule has 4 heteroatoms. The fraction of sp³-hybridized carbons (Fsp3) is 0.615. The average Bonchev–Trinajstić information content (AvgIpc) is 2.25. The summed E-state index contributed by atoms with van der Waals surface area (Å²) in [5.41, 5.74) is 1.65. The lowest BCUT2D eigenvalue weighted by Gasteiger charge is -2.41. The van der Waals surface area contributed by atoms with E-state index < -0.39 is 0 Å². The lowest BCUT2D eigenvalue weighted by atomic mass is 9.67. The van der Waals surface area contributed by atoms with E-state index in [1.165, 1.54) is 25.7 Å². The van der Waals surface area contributed by atoms with E-state index in [4.69, 9.17) is 0 Å². The van der Waals surface area contributed by atoms with Crippen molar-refractivity contribution in [2.45, 2.75) is 39.2 Å². The number of rotatable bonds is 5. The van der Waals surface area contributed by atoms with E-state index in [1.54, 1.807) is 0 Å². The first kappa shape index (κ1) is 13.5. The zero-order valence-electron chi connectivity index (χ0n) is 10.1. The molecule has 0 atom stereocenters. The molecule has 1 aliphatic carbocycles. The zero-order valence-corrected chi connectivity index (χ0v) is 13.3. The third-order valence-corrected chi connectivity index (χ3v) is 4.96. The molecule has 0 aromatic carbocycles. The van der Waals surface area contributed by atoms with E-state index in [9.17, 15) is 0 Å². The van der Waals surface area contributed by atoms with Crippen molar-refractivity contribution < 1.29 is 0 Å². The van der Waals surface area contributed by atoms with Gasteiger partial charge in [0, 0.05) is 28.2 Å². The summed E-state index contributed by atoms with van der Waals surface area (Å²) in [6.07, 6.45) is 7.29. The minimum atomic E-state index is 0.571. The van der Waals surface area contributed by atoms with Crippen LogP contribution in [0.25, 0.3) is 0 Å². The first-order valence-electron chi connectivity index (χ1n) is 6.16. The van der Waals surface area contributed by atoms with Crippen molar-refractivity contribution in [3.63, 3.8) is 0 Å². The highest BCUT2D eigenvalue weighted by Crippen LogP contribution is 2.43. The standard InChI is InChI=1S/C13H18Br2N2/c1-2-13(4-3-5-13)9-16-8-12-11(15)6-10(14)7-17-12/h6-7,16H,2-5,8-9H2,1H3. The number of nitrogens with zero attached hydrogens (tertiary/aromatic N) is 1. The number of halogens is 2. The maximum absolute atomic E-state index is 4.41. The minimum Gasteiger partial charge on any atom is -0.311 e. The molecule has 0 radical (unpaired) electrons. The van der Waals surface area contributed by atoms with Crippen LogP contribution in [0.3, 0.4) is 0 Å². The van der Waals surface area contributed by atoms with Crippen LogP contribution in [0, 0.1) is 5.41 Å². The quantitative estimate of drug-likeness (QED) is 0.846. The number of hydrogen-bond donors (Lipinski definition) is 1. The fourth-order valence-electron chi connectivity index (χ4n) is 2.35. The van der Waals surface area contributed by atoms with Crippen LogP contribution in [-0.4, -0.2) is 11.5 Å². The van der Waals surface area contributed by atoms with Gasteiger partial charge in [-0.25, -0.2) is 0 Å². The largest absolute Gasteiger partial charge is 0.311 e. The molecule has 0 unspecified atom stereocenters. The Labute approximate surface area is 120 Å². The molecular weight excluding hydrogens is 344 g/mol. The molecule has 2 nitrogen and oxygen atoms in total. The summed E-state index contributed by atoms with van der Waals surface area (Å²) in [5.74, 6) is 0. The van der Waals surface area contributed by atoms with Gasteiger partial charge in [-0.3, -0.25) is 4.98 Å². The first-order valence-corrected chi connectivity index (χ1v) is 7.74. The smallest absolute Gasteiger partial charge is 0.0684 e. The summed E-state index contributed by atoms with van der Waals surface area (Å²) in [5, 5.41) is 3.55. The molecule has 0 amide bonds. The summed E-state index contributed by atoms with van der Waals surface area (Å²) >= 11 is 6.96. The molecule has 1 aromatic heterocycles. The summed E-state index contributed by atoms with van der Waals surface area (Å²) in [6.45, 7) is 4.26. The van der Waals surface area contributed by atoms with Crippen LogP contribution in [0.2, 0.25) is 0 Å². The minimum absolute atomic E-state index is 0.571. The Kier molecular flexibility index (Phi) is 4.61. The van der Waals surface area contributed by atoms with E-state index in [0.717, 1.165) is 27.7 Å². The van der Waals surface area contributed by atoms with Gasteiger partial charge in [-0.1, -0.05) is 13.3 Å². The Morgan fingerprint density at radius 2 is 2.18 bits per heavy atom. The third kappa shape index (κ3) is 3.30. The molecule has 1 N–H and O–H groups in total. The van der Waals surface area contributed by atoms with Crippen molar-refractivity contribution in [1.29, 1.82) is 0 Å². The second-order valence-corrected chi connectivity index (χ2v) is 6.66. The van der Waals surface area contributed by atoms with E-state index >= 15 is 0 Å². The molecule has 0 saturated heterocycles. The maximum Gasteiger partial charge on any atom is 0.0684 e. The number of pyridine rings is 1. The molecule has 1 aromatic rings. The van der Waals surface area contributed by atoms with Crippen LogP contribution in [0.1, 0.15) is 38.3 Å². The van der Waals surface area contributed by atoms with Crippen LogP contribution in [-0.2, 0) is 6.54 Å². The van der Waals surface area contributed by atoms with Gasteiger partial charge in [0.05, 0.1) is 5.69 Å². The van der Waals surface area contributed by atoms with Gasteiger partial charge in [-0.2, -0.15) is 0 Å². The molecular formula is C13H18Br2N2. The van der Waals surface area contributed by atoms with Gasteiger partial charge >= 0.3 is 0 Å². The average molecular weight is 362 g/mol. The monoisotopic (exact) mass is 360 g/mol. The highest BCUT2D eigenvalue weighted by atomic mass is 79.9. The Bertz CT molecular complexity index is 383. The van der Waals surface area contributed by atoms with Crippen molar-refractivity contribution in [2.24, 2.45) is 5.41 Å². The molecule has 2 rings (SSSR count). The zero-order chi connectivity index (χ0) is 12.3. The molecule has 1 heterocycles. The Morgan fingerprint density at radius 3 is 2.71 bits per heavy atom. The fourth-order valence-corrected chi connectivity index (χ4v) is 3.48. The van der Waals surface area contributed by atoms with Crippen LogP contribution in [0.15, 0.2) is 21.2 Å². The van der Waals surface area contributed by atoms with Crippen molar-refractivity contribution in [3.8, 4) is 0 Å². The van der Waals surface area contributed by atoms with Crippen molar-refractivity contribution in [1.82, 2.24) is 10.3 Å². The normalized spacial score (nSPS) is 17.8. The van der Waals surface area contributed by atoms with Gasteiger partial charge in [0.1, 0.15) is 0 Å². The molecule has 0 aliphatic heterocycles. The van der Waals surface area contributed by atoms with Gasteiger partial charge in [-0.15, -0.1) is 0 Å². The van der Waals surface area contributed by atoms with Gasteiger partial charge in [0.2, 0.25) is 0 Å². The summed E-state index contributed by atoms with van der Waals surface area (Å²) < 4.78 is 2.08. The molecule has 0 spiro atoms. The van der Waals surface area contributed by atoms with Gasteiger partial charge < -0.3 is 5.32 Å².